The van der Waals surface area contributed by atoms with E-state index in [1.165, 1.54) is 83.8 Å². The van der Waals surface area contributed by atoms with E-state index in [1.54, 1.807) is 0 Å². The number of likely N-dealkylation sites (tertiary alicyclic amines) is 1. The van der Waals surface area contributed by atoms with Gasteiger partial charge in [0.2, 0.25) is 0 Å². The van der Waals surface area contributed by atoms with Crippen molar-refractivity contribution >= 4 is 0 Å². The van der Waals surface area contributed by atoms with Gasteiger partial charge in [-0.25, -0.2) is 0 Å². The summed E-state index contributed by atoms with van der Waals surface area (Å²) in [7, 11) is 0. The summed E-state index contributed by atoms with van der Waals surface area (Å²) in [6.45, 7) is 8.56. The topological polar surface area (TPSA) is 15.3 Å². The van der Waals surface area contributed by atoms with E-state index in [0.717, 1.165) is 18.0 Å². The Hall–Kier alpha value is -0.0800. The summed E-state index contributed by atoms with van der Waals surface area (Å²) in [4.78, 5) is 2.84. The number of nitrogens with one attached hydrogen (secondary N) is 1. The highest BCUT2D eigenvalue weighted by Crippen LogP contribution is 2.28. The molecule has 0 amide bonds. The average Bonchev–Trinajstić information content (AvgIpc) is 2.72. The van der Waals surface area contributed by atoms with Crippen molar-refractivity contribution in [2.45, 2.75) is 90.1 Å². The molecule has 1 saturated heterocycles. The summed E-state index contributed by atoms with van der Waals surface area (Å²) < 4.78 is 0. The van der Waals surface area contributed by atoms with Gasteiger partial charge >= 0.3 is 0 Å². The van der Waals surface area contributed by atoms with Crippen molar-refractivity contribution in [3.8, 4) is 0 Å². The summed E-state index contributed by atoms with van der Waals surface area (Å²) in [6.07, 6.45) is 14.2. The Kier molecular flexibility index (Phi) is 7.37. The molecule has 1 N–H and O–H groups in total. The minimum absolute atomic E-state index is 0.811. The Labute approximate surface area is 126 Å². The van der Waals surface area contributed by atoms with Gasteiger partial charge in [0, 0.05) is 12.1 Å². The second kappa shape index (κ2) is 9.04. The fourth-order valence-electron chi connectivity index (χ4n) is 4.24. The molecule has 0 radical (unpaired) electrons. The molecule has 2 rings (SSSR count). The van der Waals surface area contributed by atoms with E-state index >= 15 is 0 Å². The maximum absolute atomic E-state index is 3.71. The normalized spacial score (nSPS) is 33.0. The molecule has 2 fully saturated rings. The first-order chi connectivity index (χ1) is 9.83. The van der Waals surface area contributed by atoms with Crippen LogP contribution in [0.1, 0.15) is 78.1 Å². The van der Waals surface area contributed by atoms with Gasteiger partial charge in [-0.1, -0.05) is 26.7 Å². The van der Waals surface area contributed by atoms with Crippen LogP contribution < -0.4 is 5.32 Å². The van der Waals surface area contributed by atoms with Crippen LogP contribution in [0.2, 0.25) is 0 Å². The minimum atomic E-state index is 0.811. The monoisotopic (exact) mass is 280 g/mol. The van der Waals surface area contributed by atoms with Gasteiger partial charge in [0.25, 0.3) is 0 Å². The highest BCUT2D eigenvalue weighted by atomic mass is 15.2. The molecule has 0 spiro atoms. The van der Waals surface area contributed by atoms with Crippen molar-refractivity contribution in [2.24, 2.45) is 5.92 Å². The van der Waals surface area contributed by atoms with Gasteiger partial charge in [-0.15, -0.1) is 0 Å². The lowest BCUT2D eigenvalue weighted by Gasteiger charge is -2.36. The maximum atomic E-state index is 3.71. The third kappa shape index (κ3) is 5.04. The predicted molar refractivity (Wildman–Crippen MR) is 88.2 cm³/mol. The van der Waals surface area contributed by atoms with Crippen LogP contribution in [0, 0.1) is 5.92 Å². The van der Waals surface area contributed by atoms with Crippen LogP contribution in [-0.2, 0) is 0 Å². The molecule has 0 bridgehead atoms. The van der Waals surface area contributed by atoms with E-state index < -0.39 is 0 Å². The molecule has 0 aromatic heterocycles. The van der Waals surface area contributed by atoms with Crippen LogP contribution in [0.3, 0.4) is 0 Å². The molecule has 1 saturated carbocycles. The van der Waals surface area contributed by atoms with Crippen molar-refractivity contribution < 1.29 is 0 Å². The lowest BCUT2D eigenvalue weighted by atomic mass is 9.90. The SMILES string of the molecule is CCCNC1CCC(N2CCCC(CCC)CC2)CC1. The highest BCUT2D eigenvalue weighted by molar-refractivity contribution is 4.84. The Morgan fingerprint density at radius 1 is 0.900 bits per heavy atom. The molecule has 1 atom stereocenters. The first-order valence-corrected chi connectivity index (χ1v) is 9.30. The second-order valence-corrected chi connectivity index (χ2v) is 7.08. The van der Waals surface area contributed by atoms with E-state index in [1.807, 2.05) is 0 Å². The molecule has 118 valence electrons. The molecular weight excluding hydrogens is 244 g/mol. The van der Waals surface area contributed by atoms with Gasteiger partial charge in [-0.3, -0.25) is 0 Å². The lowest BCUT2D eigenvalue weighted by molar-refractivity contribution is 0.146. The van der Waals surface area contributed by atoms with E-state index in [9.17, 15) is 0 Å². The third-order valence-corrected chi connectivity index (χ3v) is 5.48. The molecule has 2 nitrogen and oxygen atoms in total. The van der Waals surface area contributed by atoms with Crippen LogP contribution in [0.4, 0.5) is 0 Å². The van der Waals surface area contributed by atoms with E-state index in [4.69, 9.17) is 0 Å². The standard InChI is InChI=1S/C18H36N2/c1-3-6-16-7-5-14-20(15-12-16)18-10-8-17(9-11-18)19-13-4-2/h16-19H,3-15H2,1-2H3. The van der Waals surface area contributed by atoms with Gasteiger partial charge in [0.15, 0.2) is 0 Å². The Morgan fingerprint density at radius 3 is 2.40 bits per heavy atom. The number of nitrogens with zero attached hydrogens (tertiary/aromatic N) is 1. The molecular formula is C18H36N2. The summed E-state index contributed by atoms with van der Waals surface area (Å²) >= 11 is 0. The highest BCUT2D eigenvalue weighted by Gasteiger charge is 2.27. The fourth-order valence-corrected chi connectivity index (χ4v) is 4.24. The van der Waals surface area contributed by atoms with E-state index in [2.05, 4.69) is 24.1 Å². The van der Waals surface area contributed by atoms with Crippen LogP contribution in [-0.4, -0.2) is 36.6 Å². The van der Waals surface area contributed by atoms with Crippen molar-refractivity contribution in [3.05, 3.63) is 0 Å². The predicted octanol–water partition coefficient (Wildman–Crippen LogP) is 4.20. The molecule has 0 aromatic rings. The summed E-state index contributed by atoms with van der Waals surface area (Å²) in [5.41, 5.74) is 0. The van der Waals surface area contributed by atoms with Gasteiger partial charge in [-0.05, 0) is 76.9 Å². The van der Waals surface area contributed by atoms with Crippen LogP contribution >= 0.6 is 0 Å². The maximum Gasteiger partial charge on any atom is 0.00964 e. The Balaban J connectivity index is 1.70. The van der Waals surface area contributed by atoms with Crippen molar-refractivity contribution in [3.63, 3.8) is 0 Å². The Morgan fingerprint density at radius 2 is 1.70 bits per heavy atom. The molecule has 1 aliphatic heterocycles. The molecule has 1 aliphatic carbocycles. The van der Waals surface area contributed by atoms with E-state index in [0.29, 0.717) is 0 Å². The van der Waals surface area contributed by atoms with Crippen LogP contribution in [0.25, 0.3) is 0 Å². The van der Waals surface area contributed by atoms with Gasteiger partial charge < -0.3 is 10.2 Å². The number of hydrogen-bond donors (Lipinski definition) is 1. The smallest absolute Gasteiger partial charge is 0.00964 e. The molecule has 1 unspecified atom stereocenters. The summed E-state index contributed by atoms with van der Waals surface area (Å²) in [5, 5.41) is 3.71. The minimum Gasteiger partial charge on any atom is -0.314 e. The van der Waals surface area contributed by atoms with Crippen molar-refractivity contribution in [1.82, 2.24) is 10.2 Å². The van der Waals surface area contributed by atoms with Crippen molar-refractivity contribution in [2.75, 3.05) is 19.6 Å². The average molecular weight is 280 g/mol. The molecule has 20 heavy (non-hydrogen) atoms. The third-order valence-electron chi connectivity index (χ3n) is 5.48. The van der Waals surface area contributed by atoms with E-state index in [-0.39, 0.29) is 0 Å². The fraction of sp³-hybridized carbons (Fsp3) is 1.00. The number of hydrogen-bond acceptors (Lipinski definition) is 2. The first kappa shape index (κ1) is 16.3. The Bertz CT molecular complexity index is 246. The zero-order chi connectivity index (χ0) is 14.2. The van der Waals surface area contributed by atoms with Crippen LogP contribution in [0.5, 0.6) is 0 Å². The molecule has 2 heteroatoms. The summed E-state index contributed by atoms with van der Waals surface area (Å²) in [6, 6.07) is 1.71. The summed E-state index contributed by atoms with van der Waals surface area (Å²) in [5.74, 6) is 1.02. The zero-order valence-corrected chi connectivity index (χ0v) is 13.9. The quantitative estimate of drug-likeness (QED) is 0.784. The molecule has 1 heterocycles. The van der Waals surface area contributed by atoms with Crippen LogP contribution in [0.15, 0.2) is 0 Å². The second-order valence-electron chi connectivity index (χ2n) is 7.08. The molecule has 2 aliphatic rings. The van der Waals surface area contributed by atoms with Crippen molar-refractivity contribution in [1.29, 1.82) is 0 Å². The van der Waals surface area contributed by atoms with Gasteiger partial charge in [0.1, 0.15) is 0 Å². The molecule has 0 aromatic carbocycles. The first-order valence-electron chi connectivity index (χ1n) is 9.30. The zero-order valence-electron chi connectivity index (χ0n) is 13.9. The largest absolute Gasteiger partial charge is 0.314 e. The number of rotatable bonds is 6. The van der Waals surface area contributed by atoms with Gasteiger partial charge in [-0.2, -0.15) is 0 Å². The van der Waals surface area contributed by atoms with Gasteiger partial charge in [0.05, 0.1) is 0 Å². The lowest BCUT2D eigenvalue weighted by Crippen LogP contribution is -2.43.